The fourth-order valence-electron chi connectivity index (χ4n) is 2.67. The number of fused-ring (bicyclic) bond motifs is 1. The number of esters is 2. The Hall–Kier alpha value is -3.80. The molecule has 0 radical (unpaired) electrons. The van der Waals surface area contributed by atoms with Gasteiger partial charge in [-0.3, -0.25) is 19.7 Å². The van der Waals surface area contributed by atoms with E-state index in [9.17, 15) is 24.5 Å². The van der Waals surface area contributed by atoms with E-state index < -0.39 is 28.7 Å². The molecule has 0 saturated carbocycles. The van der Waals surface area contributed by atoms with E-state index in [2.05, 4.69) is 4.99 Å². The molecule has 0 saturated heterocycles. The smallest absolute Gasteiger partial charge is 0.433 e. The molecule has 0 spiro atoms. The number of rotatable bonds is 7. The minimum Gasteiger partial charge on any atom is -0.465 e. The maximum absolute atomic E-state index is 12.5. The number of hydrogen-bond donors (Lipinski definition) is 0. The van der Waals surface area contributed by atoms with Crippen molar-refractivity contribution in [1.82, 2.24) is 4.57 Å². The minimum atomic E-state index is -0.858. The predicted molar refractivity (Wildman–Crippen MR) is 108 cm³/mol. The van der Waals surface area contributed by atoms with Gasteiger partial charge in [-0.2, -0.15) is 4.99 Å². The summed E-state index contributed by atoms with van der Waals surface area (Å²) in [7, 11) is 0. The van der Waals surface area contributed by atoms with Gasteiger partial charge < -0.3 is 18.5 Å². The highest BCUT2D eigenvalue weighted by Crippen LogP contribution is 2.21. The summed E-state index contributed by atoms with van der Waals surface area (Å²) in [4.78, 5) is 50.6. The van der Waals surface area contributed by atoms with Gasteiger partial charge >= 0.3 is 23.7 Å². The predicted octanol–water partition coefficient (Wildman–Crippen LogP) is 2.68. The van der Waals surface area contributed by atoms with Gasteiger partial charge in [0.1, 0.15) is 11.5 Å². The molecule has 0 aliphatic rings. The maximum atomic E-state index is 12.5. The molecular formula is C19H17N3O8S. The standard InChI is InChI=1S/C19H17N3O8S/c1-3-28-16(23)10-21-12-6-5-11(18(25)29-4-2)9-14(12)31-19(21)20-17(24)13-7-8-15(30-13)22(26)27/h5-9H,3-4,10H2,1-2H3. The second kappa shape index (κ2) is 9.34. The zero-order valence-electron chi connectivity index (χ0n) is 16.5. The normalized spacial score (nSPS) is 11.5. The molecule has 31 heavy (non-hydrogen) atoms. The summed E-state index contributed by atoms with van der Waals surface area (Å²) >= 11 is 1.05. The van der Waals surface area contributed by atoms with Gasteiger partial charge in [0.25, 0.3) is 0 Å². The Kier molecular flexibility index (Phi) is 6.60. The summed E-state index contributed by atoms with van der Waals surface area (Å²) in [5.41, 5.74) is 0.849. The third kappa shape index (κ3) is 4.86. The molecule has 0 aliphatic carbocycles. The fraction of sp³-hybridized carbons (Fsp3) is 0.263. The van der Waals surface area contributed by atoms with Crippen LogP contribution < -0.4 is 4.80 Å². The Labute approximate surface area is 178 Å². The molecule has 1 aromatic carbocycles. The molecular weight excluding hydrogens is 430 g/mol. The number of nitro groups is 1. The van der Waals surface area contributed by atoms with E-state index in [0.29, 0.717) is 15.8 Å². The molecule has 2 aromatic heterocycles. The Balaban J connectivity index is 2.09. The van der Waals surface area contributed by atoms with Crippen LogP contribution >= 0.6 is 11.3 Å². The first-order valence-corrected chi connectivity index (χ1v) is 9.95. The number of benzene rings is 1. The maximum Gasteiger partial charge on any atom is 0.433 e. The SMILES string of the molecule is CCOC(=O)Cn1c(=NC(=O)c2ccc([N+](=O)[O-])o2)sc2cc(C(=O)OCC)ccc21. The molecule has 11 nitrogen and oxygen atoms in total. The van der Waals surface area contributed by atoms with Crippen molar-refractivity contribution in [1.29, 1.82) is 0 Å². The van der Waals surface area contributed by atoms with Crippen LogP contribution in [0.4, 0.5) is 5.88 Å². The van der Waals surface area contributed by atoms with Gasteiger partial charge in [-0.25, -0.2) is 4.79 Å². The zero-order valence-corrected chi connectivity index (χ0v) is 17.3. The Bertz CT molecular complexity index is 1240. The van der Waals surface area contributed by atoms with Crippen molar-refractivity contribution in [3.8, 4) is 0 Å². The second-order valence-electron chi connectivity index (χ2n) is 5.99. The van der Waals surface area contributed by atoms with E-state index in [0.717, 1.165) is 23.5 Å². The number of hydrogen-bond acceptors (Lipinski definition) is 9. The van der Waals surface area contributed by atoms with Gasteiger partial charge in [0.2, 0.25) is 5.76 Å². The lowest BCUT2D eigenvalue weighted by atomic mass is 10.2. The first-order valence-electron chi connectivity index (χ1n) is 9.13. The first-order chi connectivity index (χ1) is 14.8. The topological polar surface area (TPSA) is 143 Å². The summed E-state index contributed by atoms with van der Waals surface area (Å²) in [5.74, 6) is -2.82. The van der Waals surface area contributed by atoms with Crippen LogP contribution in [0, 0.1) is 10.1 Å². The average molecular weight is 447 g/mol. The number of carbonyl (C=O) groups excluding carboxylic acids is 3. The quantitative estimate of drug-likeness (QED) is 0.305. The van der Waals surface area contributed by atoms with Crippen molar-refractivity contribution in [2.75, 3.05) is 13.2 Å². The van der Waals surface area contributed by atoms with E-state index in [1.165, 1.54) is 10.6 Å². The van der Waals surface area contributed by atoms with Gasteiger partial charge in [0.05, 0.1) is 35.1 Å². The van der Waals surface area contributed by atoms with Crippen LogP contribution in [0.3, 0.4) is 0 Å². The molecule has 12 heteroatoms. The molecule has 1 amide bonds. The largest absolute Gasteiger partial charge is 0.465 e. The Morgan fingerprint density at radius 1 is 1.16 bits per heavy atom. The van der Waals surface area contributed by atoms with Gasteiger partial charge in [-0.1, -0.05) is 11.3 Å². The Morgan fingerprint density at radius 2 is 1.90 bits per heavy atom. The van der Waals surface area contributed by atoms with E-state index in [-0.39, 0.29) is 30.3 Å². The van der Waals surface area contributed by atoms with Crippen molar-refractivity contribution >= 4 is 45.3 Å². The van der Waals surface area contributed by atoms with Crippen molar-refractivity contribution in [3.05, 3.63) is 56.6 Å². The highest BCUT2D eigenvalue weighted by molar-refractivity contribution is 7.16. The Morgan fingerprint density at radius 3 is 2.55 bits per heavy atom. The van der Waals surface area contributed by atoms with E-state index in [4.69, 9.17) is 13.9 Å². The van der Waals surface area contributed by atoms with Crippen molar-refractivity contribution < 1.29 is 33.2 Å². The van der Waals surface area contributed by atoms with Crippen LogP contribution in [0.2, 0.25) is 0 Å². The van der Waals surface area contributed by atoms with Crippen LogP contribution in [0.15, 0.2) is 39.7 Å². The van der Waals surface area contributed by atoms with Crippen LogP contribution in [0.25, 0.3) is 10.2 Å². The average Bonchev–Trinajstić information content (AvgIpc) is 3.34. The summed E-state index contributed by atoms with van der Waals surface area (Å²) in [6, 6.07) is 6.91. The molecule has 0 aliphatic heterocycles. The van der Waals surface area contributed by atoms with Crippen LogP contribution in [0.5, 0.6) is 0 Å². The molecule has 0 unspecified atom stereocenters. The molecule has 0 atom stereocenters. The van der Waals surface area contributed by atoms with Crippen molar-refractivity contribution in [2.45, 2.75) is 20.4 Å². The molecule has 162 valence electrons. The molecule has 0 N–H and O–H groups in total. The molecule has 2 heterocycles. The van der Waals surface area contributed by atoms with Gasteiger partial charge in [-0.05, 0) is 38.1 Å². The highest BCUT2D eigenvalue weighted by atomic mass is 32.1. The third-order valence-corrected chi connectivity index (χ3v) is 5.01. The van der Waals surface area contributed by atoms with Gasteiger partial charge in [0, 0.05) is 0 Å². The number of thiazole rings is 1. The molecule has 0 fully saturated rings. The minimum absolute atomic E-state index is 0.133. The summed E-state index contributed by atoms with van der Waals surface area (Å²) in [5, 5.41) is 10.8. The first kappa shape index (κ1) is 21.9. The van der Waals surface area contributed by atoms with E-state index in [1.807, 2.05) is 0 Å². The molecule has 3 aromatic rings. The lowest BCUT2D eigenvalue weighted by Gasteiger charge is -2.06. The van der Waals surface area contributed by atoms with E-state index in [1.54, 1.807) is 26.0 Å². The van der Waals surface area contributed by atoms with Crippen molar-refractivity contribution in [3.63, 3.8) is 0 Å². The van der Waals surface area contributed by atoms with Crippen LogP contribution in [0.1, 0.15) is 34.8 Å². The second-order valence-corrected chi connectivity index (χ2v) is 7.00. The molecule has 3 rings (SSSR count). The van der Waals surface area contributed by atoms with Crippen molar-refractivity contribution in [2.24, 2.45) is 4.99 Å². The van der Waals surface area contributed by atoms with Gasteiger partial charge in [-0.15, -0.1) is 0 Å². The third-order valence-electron chi connectivity index (χ3n) is 3.97. The lowest BCUT2D eigenvalue weighted by molar-refractivity contribution is -0.402. The van der Waals surface area contributed by atoms with Crippen LogP contribution in [-0.2, 0) is 20.8 Å². The number of furan rings is 1. The van der Waals surface area contributed by atoms with Crippen LogP contribution in [-0.4, -0.2) is 40.5 Å². The number of amides is 1. The fourth-order valence-corrected chi connectivity index (χ4v) is 3.74. The number of nitrogens with zero attached hydrogens (tertiary/aromatic N) is 3. The number of carbonyl (C=O) groups is 3. The number of ether oxygens (including phenoxy) is 2. The lowest BCUT2D eigenvalue weighted by Crippen LogP contribution is -2.23. The van der Waals surface area contributed by atoms with Gasteiger partial charge in [0.15, 0.2) is 4.80 Å². The monoisotopic (exact) mass is 447 g/mol. The summed E-state index contributed by atoms with van der Waals surface area (Å²) in [6.45, 7) is 3.52. The number of aromatic nitrogens is 1. The molecule has 0 bridgehead atoms. The summed E-state index contributed by atoms with van der Waals surface area (Å²) < 4.78 is 16.9. The zero-order chi connectivity index (χ0) is 22.5. The summed E-state index contributed by atoms with van der Waals surface area (Å²) in [6.07, 6.45) is 0. The van der Waals surface area contributed by atoms with E-state index >= 15 is 0 Å². The highest BCUT2D eigenvalue weighted by Gasteiger charge is 2.19.